The molecule has 0 amide bonds. The van der Waals surface area contributed by atoms with E-state index in [4.69, 9.17) is 9.47 Å². The number of nitrogens with one attached hydrogen (secondary N) is 1. The van der Waals surface area contributed by atoms with E-state index in [9.17, 15) is 0 Å². The summed E-state index contributed by atoms with van der Waals surface area (Å²) in [6, 6.07) is 5.92. The highest BCUT2D eigenvalue weighted by Gasteiger charge is 2.18. The van der Waals surface area contributed by atoms with E-state index in [-0.39, 0.29) is 0 Å². The molecule has 94 valence electrons. The SMILES string of the molecule is COc1cccc(OC)c1N1CCCNCC1. The summed E-state index contributed by atoms with van der Waals surface area (Å²) < 4.78 is 10.9. The summed E-state index contributed by atoms with van der Waals surface area (Å²) in [5.74, 6) is 1.76. The molecule has 2 rings (SSSR count). The zero-order valence-electron chi connectivity index (χ0n) is 10.5. The number of benzene rings is 1. The van der Waals surface area contributed by atoms with Crippen LogP contribution in [0.1, 0.15) is 6.42 Å². The standard InChI is InChI=1S/C13H20N2O2/c1-16-11-5-3-6-12(17-2)13(11)15-9-4-7-14-8-10-15/h3,5-6,14H,4,7-10H2,1-2H3. The highest BCUT2D eigenvalue weighted by Crippen LogP contribution is 2.37. The van der Waals surface area contributed by atoms with Gasteiger partial charge in [-0.1, -0.05) is 6.07 Å². The zero-order valence-corrected chi connectivity index (χ0v) is 10.5. The molecule has 0 aromatic heterocycles. The van der Waals surface area contributed by atoms with Crippen molar-refractivity contribution in [2.75, 3.05) is 45.3 Å². The summed E-state index contributed by atoms with van der Waals surface area (Å²) in [5, 5.41) is 3.40. The van der Waals surface area contributed by atoms with Crippen molar-refractivity contribution < 1.29 is 9.47 Å². The fourth-order valence-electron chi connectivity index (χ4n) is 2.21. The number of rotatable bonds is 3. The van der Waals surface area contributed by atoms with Crippen molar-refractivity contribution in [3.63, 3.8) is 0 Å². The molecule has 1 N–H and O–H groups in total. The van der Waals surface area contributed by atoms with Crippen molar-refractivity contribution in [2.24, 2.45) is 0 Å². The zero-order chi connectivity index (χ0) is 12.1. The van der Waals surface area contributed by atoms with Crippen LogP contribution in [0.15, 0.2) is 18.2 Å². The molecule has 0 atom stereocenters. The molecule has 4 heteroatoms. The molecule has 1 heterocycles. The molecular weight excluding hydrogens is 216 g/mol. The van der Waals surface area contributed by atoms with Crippen LogP contribution in [0.5, 0.6) is 11.5 Å². The van der Waals surface area contributed by atoms with E-state index in [0.29, 0.717) is 0 Å². The van der Waals surface area contributed by atoms with Crippen molar-refractivity contribution in [1.29, 1.82) is 0 Å². The van der Waals surface area contributed by atoms with Crippen LogP contribution in [0, 0.1) is 0 Å². The van der Waals surface area contributed by atoms with Crippen LogP contribution in [0.2, 0.25) is 0 Å². The molecule has 0 spiro atoms. The molecule has 1 saturated heterocycles. The summed E-state index contributed by atoms with van der Waals surface area (Å²) >= 11 is 0. The van der Waals surface area contributed by atoms with Gasteiger partial charge in [0.1, 0.15) is 17.2 Å². The summed E-state index contributed by atoms with van der Waals surface area (Å²) in [6.45, 7) is 4.09. The first-order valence-electron chi connectivity index (χ1n) is 6.03. The van der Waals surface area contributed by atoms with Crippen molar-refractivity contribution in [1.82, 2.24) is 5.32 Å². The quantitative estimate of drug-likeness (QED) is 0.862. The molecule has 1 aliphatic rings. The van der Waals surface area contributed by atoms with Crippen LogP contribution >= 0.6 is 0 Å². The molecule has 0 saturated carbocycles. The third kappa shape index (κ3) is 2.64. The number of hydrogen-bond acceptors (Lipinski definition) is 4. The number of hydrogen-bond donors (Lipinski definition) is 1. The van der Waals surface area contributed by atoms with Crippen LogP contribution in [0.3, 0.4) is 0 Å². The molecule has 0 radical (unpaired) electrons. The van der Waals surface area contributed by atoms with Crippen molar-refractivity contribution in [3.05, 3.63) is 18.2 Å². The third-order valence-corrected chi connectivity index (χ3v) is 3.06. The number of ether oxygens (including phenoxy) is 2. The topological polar surface area (TPSA) is 33.7 Å². The van der Waals surface area contributed by atoms with Gasteiger partial charge in [0.15, 0.2) is 0 Å². The van der Waals surface area contributed by atoms with E-state index in [2.05, 4.69) is 10.2 Å². The van der Waals surface area contributed by atoms with Gasteiger partial charge in [-0.15, -0.1) is 0 Å². The van der Waals surface area contributed by atoms with Crippen LogP contribution in [0.25, 0.3) is 0 Å². The molecule has 0 unspecified atom stereocenters. The van der Waals surface area contributed by atoms with Gasteiger partial charge in [0.25, 0.3) is 0 Å². The Morgan fingerprint density at radius 1 is 1.06 bits per heavy atom. The molecule has 0 aliphatic carbocycles. The van der Waals surface area contributed by atoms with Crippen LogP contribution in [0.4, 0.5) is 5.69 Å². The number of methoxy groups -OCH3 is 2. The predicted molar refractivity (Wildman–Crippen MR) is 69.2 cm³/mol. The van der Waals surface area contributed by atoms with Crippen molar-refractivity contribution in [3.8, 4) is 11.5 Å². The van der Waals surface area contributed by atoms with E-state index >= 15 is 0 Å². The van der Waals surface area contributed by atoms with Crippen molar-refractivity contribution >= 4 is 5.69 Å². The first kappa shape index (κ1) is 12.0. The summed E-state index contributed by atoms with van der Waals surface area (Å²) in [5.41, 5.74) is 1.07. The van der Waals surface area contributed by atoms with Gasteiger partial charge in [0, 0.05) is 19.6 Å². The average Bonchev–Trinajstić information content (AvgIpc) is 2.66. The maximum absolute atomic E-state index is 5.44. The lowest BCUT2D eigenvalue weighted by molar-refractivity contribution is 0.394. The smallest absolute Gasteiger partial charge is 0.145 e. The number of para-hydroxylation sites is 1. The summed E-state index contributed by atoms with van der Waals surface area (Å²) in [6.07, 6.45) is 1.14. The fourth-order valence-corrected chi connectivity index (χ4v) is 2.21. The average molecular weight is 236 g/mol. The van der Waals surface area contributed by atoms with Crippen LogP contribution < -0.4 is 19.7 Å². The maximum Gasteiger partial charge on any atom is 0.145 e. The lowest BCUT2D eigenvalue weighted by Gasteiger charge is -2.26. The number of anilines is 1. The highest BCUT2D eigenvalue weighted by atomic mass is 16.5. The fraction of sp³-hybridized carbons (Fsp3) is 0.538. The second-order valence-corrected chi connectivity index (χ2v) is 4.10. The van der Waals surface area contributed by atoms with E-state index in [1.54, 1.807) is 14.2 Å². The van der Waals surface area contributed by atoms with Gasteiger partial charge in [-0.3, -0.25) is 0 Å². The van der Waals surface area contributed by atoms with Gasteiger partial charge >= 0.3 is 0 Å². The van der Waals surface area contributed by atoms with Gasteiger partial charge < -0.3 is 19.7 Å². The molecule has 1 aliphatic heterocycles. The van der Waals surface area contributed by atoms with Crippen molar-refractivity contribution in [2.45, 2.75) is 6.42 Å². The van der Waals surface area contributed by atoms with E-state index in [0.717, 1.165) is 49.8 Å². The van der Waals surface area contributed by atoms with Gasteiger partial charge in [0.2, 0.25) is 0 Å². The van der Waals surface area contributed by atoms with Crippen LogP contribution in [-0.2, 0) is 0 Å². The Morgan fingerprint density at radius 2 is 1.76 bits per heavy atom. The Bertz CT molecular complexity index is 338. The monoisotopic (exact) mass is 236 g/mol. The summed E-state index contributed by atoms with van der Waals surface area (Å²) in [7, 11) is 3.41. The van der Waals surface area contributed by atoms with E-state index < -0.39 is 0 Å². The van der Waals surface area contributed by atoms with Gasteiger partial charge in [-0.05, 0) is 25.1 Å². The Morgan fingerprint density at radius 3 is 2.41 bits per heavy atom. The van der Waals surface area contributed by atoms with Crippen LogP contribution in [-0.4, -0.2) is 40.4 Å². The maximum atomic E-state index is 5.44. The molecule has 1 fully saturated rings. The van der Waals surface area contributed by atoms with Gasteiger partial charge in [-0.2, -0.15) is 0 Å². The minimum absolute atomic E-state index is 0.881. The first-order valence-corrected chi connectivity index (χ1v) is 6.03. The minimum Gasteiger partial charge on any atom is -0.494 e. The molecule has 17 heavy (non-hydrogen) atoms. The molecule has 0 bridgehead atoms. The second-order valence-electron chi connectivity index (χ2n) is 4.10. The van der Waals surface area contributed by atoms with E-state index in [1.165, 1.54) is 0 Å². The second kappa shape index (κ2) is 5.77. The lowest BCUT2D eigenvalue weighted by atomic mass is 10.2. The number of nitrogens with zero attached hydrogens (tertiary/aromatic N) is 1. The summed E-state index contributed by atoms with van der Waals surface area (Å²) in [4.78, 5) is 2.33. The first-order chi connectivity index (χ1) is 8.36. The van der Waals surface area contributed by atoms with E-state index in [1.807, 2.05) is 18.2 Å². The normalized spacial score (nSPS) is 16.5. The minimum atomic E-state index is 0.881. The Hall–Kier alpha value is -1.42. The molecule has 4 nitrogen and oxygen atoms in total. The third-order valence-electron chi connectivity index (χ3n) is 3.06. The Labute approximate surface area is 103 Å². The largest absolute Gasteiger partial charge is 0.494 e. The van der Waals surface area contributed by atoms with Gasteiger partial charge in [0.05, 0.1) is 14.2 Å². The highest BCUT2D eigenvalue weighted by molar-refractivity contribution is 5.68. The predicted octanol–water partition coefficient (Wildman–Crippen LogP) is 1.50. The van der Waals surface area contributed by atoms with Gasteiger partial charge in [-0.25, -0.2) is 0 Å². The Kier molecular flexibility index (Phi) is 4.09. The Balaban J connectivity index is 2.33. The molecular formula is C13H20N2O2. The molecule has 1 aromatic carbocycles. The molecule has 1 aromatic rings. The lowest BCUT2D eigenvalue weighted by Crippen LogP contribution is -2.28.